The van der Waals surface area contributed by atoms with Crippen LogP contribution in [0.25, 0.3) is 11.1 Å². The number of hydrogen-bond acceptors (Lipinski definition) is 2. The van der Waals surface area contributed by atoms with E-state index >= 15 is 0 Å². The summed E-state index contributed by atoms with van der Waals surface area (Å²) in [6.45, 7) is -0.0426. The zero-order valence-corrected chi connectivity index (χ0v) is 10.6. The number of alkyl halides is 3. The summed E-state index contributed by atoms with van der Waals surface area (Å²) in [5.41, 5.74) is 0.790. The lowest BCUT2D eigenvalue weighted by atomic mass is 10.1. The van der Waals surface area contributed by atoms with Gasteiger partial charge in [-0.15, -0.1) is 0 Å². The van der Waals surface area contributed by atoms with Crippen molar-refractivity contribution in [3.8, 4) is 11.1 Å². The molecule has 1 heterocycles. The van der Waals surface area contributed by atoms with Crippen LogP contribution >= 0.6 is 0 Å². The minimum absolute atomic E-state index is 0.0426. The van der Waals surface area contributed by atoms with Crippen molar-refractivity contribution in [1.29, 1.82) is 0 Å². The summed E-state index contributed by atoms with van der Waals surface area (Å²) in [5, 5.41) is 3.82. The maximum Gasteiger partial charge on any atom is 0.389 e. The highest BCUT2D eigenvalue weighted by Crippen LogP contribution is 2.21. The number of hydrogen-bond donors (Lipinski definition) is 0. The Labute approximate surface area is 113 Å². The van der Waals surface area contributed by atoms with Crippen LogP contribution in [-0.4, -0.2) is 16.0 Å². The molecule has 0 bridgehead atoms. The SMILES string of the molecule is O=c1c(-c2ccccc2)ccnn1CCCC(F)(F)F. The number of rotatable bonds is 4. The summed E-state index contributed by atoms with van der Waals surface area (Å²) in [5.74, 6) is 0. The number of benzene rings is 1. The summed E-state index contributed by atoms with van der Waals surface area (Å²) in [6, 6.07) is 10.5. The molecule has 0 saturated heterocycles. The molecule has 1 aromatic carbocycles. The van der Waals surface area contributed by atoms with Gasteiger partial charge in [0, 0.05) is 19.2 Å². The summed E-state index contributed by atoms with van der Waals surface area (Å²) in [7, 11) is 0. The van der Waals surface area contributed by atoms with Crippen LogP contribution in [0.3, 0.4) is 0 Å². The molecule has 1 aromatic heterocycles. The average molecular weight is 282 g/mol. The van der Waals surface area contributed by atoms with Gasteiger partial charge in [-0.05, 0) is 18.1 Å². The lowest BCUT2D eigenvalue weighted by Gasteiger charge is -2.08. The Morgan fingerprint density at radius 2 is 1.80 bits per heavy atom. The third-order valence-corrected chi connectivity index (χ3v) is 2.83. The van der Waals surface area contributed by atoms with Crippen LogP contribution < -0.4 is 5.56 Å². The summed E-state index contributed by atoms with van der Waals surface area (Å²) in [6.07, 6.45) is -3.86. The molecule has 0 aliphatic heterocycles. The molecule has 2 rings (SSSR count). The molecule has 0 atom stereocenters. The Hall–Kier alpha value is -2.11. The van der Waals surface area contributed by atoms with Gasteiger partial charge in [0.1, 0.15) is 0 Å². The second-order valence-corrected chi connectivity index (χ2v) is 4.36. The lowest BCUT2D eigenvalue weighted by molar-refractivity contribution is -0.136. The average Bonchev–Trinajstić information content (AvgIpc) is 2.40. The third kappa shape index (κ3) is 3.69. The molecular weight excluding hydrogens is 269 g/mol. The lowest BCUT2D eigenvalue weighted by Crippen LogP contribution is -2.24. The van der Waals surface area contributed by atoms with Crippen molar-refractivity contribution in [2.75, 3.05) is 0 Å². The first kappa shape index (κ1) is 14.3. The van der Waals surface area contributed by atoms with E-state index in [4.69, 9.17) is 0 Å². The Balaban J connectivity index is 2.19. The van der Waals surface area contributed by atoms with Crippen molar-refractivity contribution in [1.82, 2.24) is 9.78 Å². The van der Waals surface area contributed by atoms with Crippen LogP contribution in [-0.2, 0) is 6.54 Å². The minimum atomic E-state index is -4.21. The molecule has 0 radical (unpaired) electrons. The molecule has 20 heavy (non-hydrogen) atoms. The van der Waals surface area contributed by atoms with Crippen LogP contribution in [0.15, 0.2) is 47.4 Å². The van der Waals surface area contributed by atoms with Crippen LogP contribution in [0.4, 0.5) is 13.2 Å². The molecule has 0 fully saturated rings. The van der Waals surface area contributed by atoms with Crippen molar-refractivity contribution in [2.24, 2.45) is 0 Å². The predicted octanol–water partition coefficient (Wildman–Crippen LogP) is 3.25. The number of nitrogens with zero attached hydrogens (tertiary/aromatic N) is 2. The van der Waals surface area contributed by atoms with Crippen molar-refractivity contribution >= 4 is 0 Å². The van der Waals surface area contributed by atoms with Gasteiger partial charge in [0.2, 0.25) is 0 Å². The van der Waals surface area contributed by atoms with Crippen molar-refractivity contribution in [3.63, 3.8) is 0 Å². The van der Waals surface area contributed by atoms with Gasteiger partial charge in [0.15, 0.2) is 0 Å². The molecule has 0 amide bonds. The van der Waals surface area contributed by atoms with E-state index < -0.39 is 12.6 Å². The highest BCUT2D eigenvalue weighted by molar-refractivity contribution is 5.61. The van der Waals surface area contributed by atoms with Gasteiger partial charge in [-0.3, -0.25) is 4.79 Å². The smallest absolute Gasteiger partial charge is 0.267 e. The molecule has 0 N–H and O–H groups in total. The monoisotopic (exact) mass is 282 g/mol. The minimum Gasteiger partial charge on any atom is -0.267 e. The van der Waals surface area contributed by atoms with Crippen molar-refractivity contribution in [2.45, 2.75) is 25.6 Å². The van der Waals surface area contributed by atoms with Crippen LogP contribution in [0.2, 0.25) is 0 Å². The summed E-state index contributed by atoms with van der Waals surface area (Å²) < 4.78 is 37.4. The molecule has 0 unspecified atom stereocenters. The molecule has 0 spiro atoms. The van der Waals surface area contributed by atoms with Crippen molar-refractivity contribution < 1.29 is 13.2 Å². The number of aryl methyl sites for hydroxylation is 1. The molecule has 0 aliphatic carbocycles. The molecule has 2 aromatic rings. The zero-order valence-electron chi connectivity index (χ0n) is 10.6. The van der Waals surface area contributed by atoms with E-state index in [-0.39, 0.29) is 18.5 Å². The van der Waals surface area contributed by atoms with E-state index in [0.717, 1.165) is 10.2 Å². The fourth-order valence-corrected chi connectivity index (χ4v) is 1.88. The quantitative estimate of drug-likeness (QED) is 0.862. The third-order valence-electron chi connectivity index (χ3n) is 2.83. The molecule has 106 valence electrons. The van der Waals surface area contributed by atoms with Gasteiger partial charge in [-0.1, -0.05) is 30.3 Å². The topological polar surface area (TPSA) is 34.9 Å². The molecular formula is C14H13F3N2O. The fraction of sp³-hybridized carbons (Fsp3) is 0.286. The van der Waals surface area contributed by atoms with E-state index in [1.165, 1.54) is 6.20 Å². The first-order valence-electron chi connectivity index (χ1n) is 6.16. The van der Waals surface area contributed by atoms with Crippen LogP contribution in [0, 0.1) is 0 Å². The number of halogens is 3. The normalized spacial score (nSPS) is 11.6. The van der Waals surface area contributed by atoms with Crippen LogP contribution in [0.1, 0.15) is 12.8 Å². The summed E-state index contributed by atoms with van der Waals surface area (Å²) >= 11 is 0. The van der Waals surface area contributed by atoms with Crippen LogP contribution in [0.5, 0.6) is 0 Å². The van der Waals surface area contributed by atoms with Gasteiger partial charge in [0.05, 0.1) is 5.56 Å². The first-order valence-corrected chi connectivity index (χ1v) is 6.16. The second-order valence-electron chi connectivity index (χ2n) is 4.36. The maximum absolute atomic E-state index is 12.1. The Bertz CT molecular complexity index is 620. The largest absolute Gasteiger partial charge is 0.389 e. The molecule has 6 heteroatoms. The van der Waals surface area contributed by atoms with Gasteiger partial charge in [0.25, 0.3) is 5.56 Å². The molecule has 3 nitrogen and oxygen atoms in total. The van der Waals surface area contributed by atoms with Gasteiger partial charge in [-0.25, -0.2) is 4.68 Å². The number of aromatic nitrogens is 2. The Kier molecular flexibility index (Phi) is 4.22. The summed E-state index contributed by atoms with van der Waals surface area (Å²) in [4.78, 5) is 12.1. The van der Waals surface area contributed by atoms with Gasteiger partial charge < -0.3 is 0 Å². The second kappa shape index (κ2) is 5.90. The predicted molar refractivity (Wildman–Crippen MR) is 69.2 cm³/mol. The zero-order chi connectivity index (χ0) is 14.6. The van der Waals surface area contributed by atoms with Gasteiger partial charge >= 0.3 is 6.18 Å². The van der Waals surface area contributed by atoms with E-state index in [2.05, 4.69) is 5.10 Å². The molecule has 0 aliphatic rings. The maximum atomic E-state index is 12.1. The van der Waals surface area contributed by atoms with Gasteiger partial charge in [-0.2, -0.15) is 18.3 Å². The highest BCUT2D eigenvalue weighted by Gasteiger charge is 2.26. The van der Waals surface area contributed by atoms with Crippen molar-refractivity contribution in [3.05, 3.63) is 52.9 Å². The highest BCUT2D eigenvalue weighted by atomic mass is 19.4. The Morgan fingerprint density at radius 3 is 2.45 bits per heavy atom. The van der Waals surface area contributed by atoms with E-state index in [1.807, 2.05) is 6.07 Å². The van der Waals surface area contributed by atoms with E-state index in [9.17, 15) is 18.0 Å². The fourth-order valence-electron chi connectivity index (χ4n) is 1.88. The Morgan fingerprint density at radius 1 is 1.10 bits per heavy atom. The van der Waals surface area contributed by atoms with E-state index in [0.29, 0.717) is 5.56 Å². The van der Waals surface area contributed by atoms with E-state index in [1.54, 1.807) is 30.3 Å². The standard InChI is InChI=1S/C14H13F3N2O/c15-14(16,17)8-4-10-19-13(20)12(7-9-18-19)11-5-2-1-3-6-11/h1-3,5-7,9H,4,8,10H2. The first-order chi connectivity index (χ1) is 9.47. The molecule has 0 saturated carbocycles.